The first kappa shape index (κ1) is 15.2. The first-order valence-electron chi connectivity index (χ1n) is 7.07. The number of aromatic nitrogens is 2. The summed E-state index contributed by atoms with van der Waals surface area (Å²) in [5, 5.41) is 0.582. The molecule has 0 aliphatic carbocycles. The standard InChI is InChI=1S/C18H14ClN2O2/c19-15-7-4-8-16(11-15)23-18-12-20-9-10-21(18)13-17(22)14-5-2-1-3-6-14/h1-12H,13H2/q+1. The Bertz CT molecular complexity index is 822. The van der Waals surface area contributed by atoms with Gasteiger partial charge in [0.2, 0.25) is 12.3 Å². The van der Waals surface area contributed by atoms with Crippen LogP contribution in [0.1, 0.15) is 10.4 Å². The fourth-order valence-corrected chi connectivity index (χ4v) is 2.29. The molecule has 0 atom stereocenters. The Balaban J connectivity index is 1.82. The van der Waals surface area contributed by atoms with E-state index in [1.165, 1.54) is 0 Å². The smallest absolute Gasteiger partial charge is 0.392 e. The van der Waals surface area contributed by atoms with Crippen LogP contribution >= 0.6 is 11.6 Å². The number of hydrogen-bond donors (Lipinski definition) is 0. The number of halogens is 1. The van der Waals surface area contributed by atoms with E-state index in [2.05, 4.69) is 4.98 Å². The molecule has 0 aliphatic heterocycles. The van der Waals surface area contributed by atoms with Crippen LogP contribution in [0.2, 0.25) is 5.02 Å². The second-order valence-electron chi connectivity index (χ2n) is 4.89. The van der Waals surface area contributed by atoms with Crippen LogP contribution in [0.3, 0.4) is 0 Å². The summed E-state index contributed by atoms with van der Waals surface area (Å²) in [6, 6.07) is 16.2. The van der Waals surface area contributed by atoms with E-state index < -0.39 is 0 Å². The quantitative estimate of drug-likeness (QED) is 0.530. The monoisotopic (exact) mass is 325 g/mol. The summed E-state index contributed by atoms with van der Waals surface area (Å²) in [5.41, 5.74) is 0.658. The molecule has 114 valence electrons. The zero-order valence-electron chi connectivity index (χ0n) is 12.2. The van der Waals surface area contributed by atoms with Gasteiger partial charge in [-0.1, -0.05) is 48.0 Å². The summed E-state index contributed by atoms with van der Waals surface area (Å²) in [5.74, 6) is 1.06. The van der Waals surface area contributed by atoms with Crippen molar-refractivity contribution in [2.75, 3.05) is 0 Å². The van der Waals surface area contributed by atoms with Crippen LogP contribution in [0.15, 0.2) is 73.2 Å². The van der Waals surface area contributed by atoms with Gasteiger partial charge in [0, 0.05) is 10.6 Å². The van der Waals surface area contributed by atoms with Crippen LogP contribution in [-0.2, 0) is 6.54 Å². The molecule has 5 heteroatoms. The molecule has 0 amide bonds. The number of ketones is 1. The SMILES string of the molecule is O=C(C[n+]1ccncc1Oc1cccc(Cl)c1)c1ccccc1. The predicted octanol–water partition coefficient (Wildman–Crippen LogP) is 3.70. The highest BCUT2D eigenvalue weighted by molar-refractivity contribution is 6.30. The van der Waals surface area contributed by atoms with E-state index >= 15 is 0 Å². The molecule has 1 heterocycles. The minimum Gasteiger partial charge on any atom is -0.404 e. The third-order valence-corrected chi connectivity index (χ3v) is 3.46. The number of carbonyl (C=O) groups is 1. The van der Waals surface area contributed by atoms with Crippen LogP contribution in [-0.4, -0.2) is 10.8 Å². The van der Waals surface area contributed by atoms with Crippen LogP contribution in [0.25, 0.3) is 0 Å². The van der Waals surface area contributed by atoms with Gasteiger partial charge in [-0.2, -0.15) is 4.57 Å². The van der Waals surface area contributed by atoms with Gasteiger partial charge in [-0.3, -0.25) is 4.79 Å². The number of rotatable bonds is 5. The molecule has 3 aromatic rings. The van der Waals surface area contributed by atoms with Crippen molar-refractivity contribution >= 4 is 17.4 Å². The number of benzene rings is 2. The van der Waals surface area contributed by atoms with Gasteiger partial charge in [-0.05, 0) is 18.2 Å². The van der Waals surface area contributed by atoms with E-state index in [-0.39, 0.29) is 12.3 Å². The summed E-state index contributed by atoms with van der Waals surface area (Å²) in [4.78, 5) is 16.4. The minimum absolute atomic E-state index is 0.00209. The maximum absolute atomic E-state index is 12.4. The van der Waals surface area contributed by atoms with Crippen molar-refractivity contribution in [1.82, 2.24) is 4.98 Å². The number of ether oxygens (including phenoxy) is 1. The van der Waals surface area contributed by atoms with E-state index in [1.807, 2.05) is 18.2 Å². The highest BCUT2D eigenvalue weighted by Crippen LogP contribution is 2.21. The zero-order chi connectivity index (χ0) is 16.1. The molecule has 4 nitrogen and oxygen atoms in total. The van der Waals surface area contributed by atoms with Crippen LogP contribution in [0.5, 0.6) is 11.6 Å². The largest absolute Gasteiger partial charge is 0.404 e. The molecule has 0 saturated carbocycles. The van der Waals surface area contributed by atoms with E-state index in [1.54, 1.807) is 59.6 Å². The molecule has 0 saturated heterocycles. The van der Waals surface area contributed by atoms with E-state index in [0.29, 0.717) is 22.2 Å². The fraction of sp³-hybridized carbons (Fsp3) is 0.0556. The van der Waals surface area contributed by atoms with Gasteiger partial charge in [-0.25, -0.2) is 4.98 Å². The summed E-state index contributed by atoms with van der Waals surface area (Å²) in [7, 11) is 0. The molecular formula is C18H14ClN2O2+. The number of nitrogens with zero attached hydrogens (tertiary/aromatic N) is 2. The highest BCUT2D eigenvalue weighted by Gasteiger charge is 2.18. The maximum atomic E-state index is 12.4. The lowest BCUT2D eigenvalue weighted by molar-refractivity contribution is -0.687. The Morgan fingerprint density at radius 3 is 2.74 bits per heavy atom. The van der Waals surface area contributed by atoms with Crippen molar-refractivity contribution in [1.29, 1.82) is 0 Å². The number of carbonyl (C=O) groups excluding carboxylic acids is 1. The van der Waals surface area contributed by atoms with Gasteiger partial charge in [0.05, 0.1) is 6.20 Å². The molecule has 3 rings (SSSR count). The van der Waals surface area contributed by atoms with E-state index in [4.69, 9.17) is 16.3 Å². The summed E-state index contributed by atoms with van der Waals surface area (Å²) in [6.07, 6.45) is 4.89. The summed E-state index contributed by atoms with van der Waals surface area (Å²) < 4.78 is 7.50. The molecule has 0 aliphatic rings. The first-order chi connectivity index (χ1) is 11.2. The van der Waals surface area contributed by atoms with Crippen LogP contribution < -0.4 is 9.30 Å². The third kappa shape index (κ3) is 3.93. The molecule has 0 unspecified atom stereocenters. The zero-order valence-corrected chi connectivity index (χ0v) is 13.0. The molecule has 0 bridgehead atoms. The number of hydrogen-bond acceptors (Lipinski definition) is 3. The van der Waals surface area contributed by atoms with Crippen molar-refractivity contribution in [3.05, 3.63) is 83.8 Å². The first-order valence-corrected chi connectivity index (χ1v) is 7.45. The van der Waals surface area contributed by atoms with Gasteiger partial charge in [0.1, 0.15) is 11.9 Å². The lowest BCUT2D eigenvalue weighted by Gasteiger charge is -2.05. The van der Waals surface area contributed by atoms with Gasteiger partial charge in [0.15, 0.2) is 6.20 Å². The molecule has 1 aromatic heterocycles. The van der Waals surface area contributed by atoms with Crippen molar-refractivity contribution in [3.8, 4) is 11.6 Å². The van der Waals surface area contributed by atoms with Gasteiger partial charge in [-0.15, -0.1) is 0 Å². The lowest BCUT2D eigenvalue weighted by atomic mass is 10.1. The van der Waals surface area contributed by atoms with Crippen molar-refractivity contribution < 1.29 is 14.1 Å². The Morgan fingerprint density at radius 1 is 1.13 bits per heavy atom. The Kier molecular flexibility index (Phi) is 4.64. The predicted molar refractivity (Wildman–Crippen MR) is 86.7 cm³/mol. The molecule has 2 aromatic carbocycles. The average molecular weight is 326 g/mol. The molecular weight excluding hydrogens is 312 g/mol. The van der Waals surface area contributed by atoms with Crippen molar-refractivity contribution in [3.63, 3.8) is 0 Å². The Hall–Kier alpha value is -2.72. The highest BCUT2D eigenvalue weighted by atomic mass is 35.5. The summed E-state index contributed by atoms with van der Waals surface area (Å²) in [6.45, 7) is 0.169. The second-order valence-corrected chi connectivity index (χ2v) is 5.33. The Morgan fingerprint density at radius 2 is 1.96 bits per heavy atom. The van der Waals surface area contributed by atoms with Gasteiger partial charge >= 0.3 is 5.88 Å². The van der Waals surface area contributed by atoms with Gasteiger partial charge < -0.3 is 4.74 Å². The topological polar surface area (TPSA) is 43.1 Å². The average Bonchev–Trinajstić information content (AvgIpc) is 2.57. The normalized spacial score (nSPS) is 10.3. The van der Waals surface area contributed by atoms with E-state index in [9.17, 15) is 4.79 Å². The molecule has 0 radical (unpaired) electrons. The summed E-state index contributed by atoms with van der Waals surface area (Å²) >= 11 is 5.96. The molecule has 23 heavy (non-hydrogen) atoms. The fourth-order valence-electron chi connectivity index (χ4n) is 2.11. The van der Waals surface area contributed by atoms with Crippen molar-refractivity contribution in [2.24, 2.45) is 0 Å². The van der Waals surface area contributed by atoms with Crippen molar-refractivity contribution in [2.45, 2.75) is 6.54 Å². The van der Waals surface area contributed by atoms with Crippen LogP contribution in [0.4, 0.5) is 0 Å². The lowest BCUT2D eigenvalue weighted by Crippen LogP contribution is -2.39. The van der Waals surface area contributed by atoms with Crippen LogP contribution in [0, 0.1) is 0 Å². The number of Topliss-reactive ketones (excluding diaryl/α,β-unsaturated/α-hetero) is 1. The van der Waals surface area contributed by atoms with Gasteiger partial charge in [0.25, 0.3) is 0 Å². The minimum atomic E-state index is -0.00209. The maximum Gasteiger partial charge on any atom is 0.392 e. The Labute approximate surface area is 139 Å². The second kappa shape index (κ2) is 7.03. The molecule has 0 N–H and O–H groups in total. The van der Waals surface area contributed by atoms with E-state index in [0.717, 1.165) is 0 Å². The molecule has 0 fully saturated rings. The third-order valence-electron chi connectivity index (χ3n) is 3.23. The molecule has 0 spiro atoms.